The second-order valence-electron chi connectivity index (χ2n) is 7.73. The monoisotopic (exact) mass is 356 g/mol. The van der Waals surface area contributed by atoms with Crippen LogP contribution in [0.3, 0.4) is 0 Å². The standard InChI is InChI=1S/C20H28N4O2/c1-4-5-16-12-18(25)24(22-16)17-8-6-15(7-9-17)19(26)21-13-20(2)10-11-23(3)14-20/h6-9,12,22H,4-5,10-11,13-14H2,1-3H3,(H,21,26). The van der Waals surface area contributed by atoms with Crippen LogP contribution in [0.5, 0.6) is 0 Å². The van der Waals surface area contributed by atoms with E-state index in [4.69, 9.17) is 0 Å². The normalized spacial score (nSPS) is 20.4. The van der Waals surface area contributed by atoms with Crippen LogP contribution in [0, 0.1) is 5.41 Å². The Labute approximate surface area is 154 Å². The fourth-order valence-electron chi connectivity index (χ4n) is 3.61. The summed E-state index contributed by atoms with van der Waals surface area (Å²) in [5, 5.41) is 6.17. The molecule has 1 unspecified atom stereocenters. The Morgan fingerprint density at radius 1 is 1.31 bits per heavy atom. The van der Waals surface area contributed by atoms with Crippen LogP contribution >= 0.6 is 0 Å². The molecule has 140 valence electrons. The highest BCUT2D eigenvalue weighted by atomic mass is 16.1. The Bertz CT molecular complexity index is 821. The molecule has 1 aromatic carbocycles. The molecule has 6 nitrogen and oxygen atoms in total. The lowest BCUT2D eigenvalue weighted by Gasteiger charge is -2.24. The van der Waals surface area contributed by atoms with E-state index in [-0.39, 0.29) is 16.9 Å². The number of carbonyl (C=O) groups excluding carboxylic acids is 1. The molecular formula is C20H28N4O2. The van der Waals surface area contributed by atoms with Crippen molar-refractivity contribution < 1.29 is 4.79 Å². The molecule has 0 saturated carbocycles. The number of benzene rings is 1. The summed E-state index contributed by atoms with van der Waals surface area (Å²) >= 11 is 0. The number of nitrogens with zero attached hydrogens (tertiary/aromatic N) is 2. The summed E-state index contributed by atoms with van der Waals surface area (Å²) in [6.45, 7) is 7.04. The number of amides is 1. The third-order valence-electron chi connectivity index (χ3n) is 5.10. The zero-order valence-electron chi connectivity index (χ0n) is 15.8. The van der Waals surface area contributed by atoms with E-state index in [0.29, 0.717) is 12.1 Å². The molecule has 1 atom stereocenters. The average molecular weight is 356 g/mol. The van der Waals surface area contributed by atoms with E-state index in [2.05, 4.69) is 36.2 Å². The molecule has 1 fully saturated rings. The van der Waals surface area contributed by atoms with E-state index in [1.807, 2.05) is 0 Å². The SMILES string of the molecule is CCCc1cc(=O)n(-c2ccc(C(=O)NCC3(C)CCN(C)C3)cc2)[nH]1. The average Bonchev–Trinajstić information content (AvgIpc) is 3.16. The topological polar surface area (TPSA) is 70.1 Å². The lowest BCUT2D eigenvalue weighted by Crippen LogP contribution is -2.37. The van der Waals surface area contributed by atoms with Crippen molar-refractivity contribution in [2.45, 2.75) is 33.1 Å². The number of H-pyrrole nitrogens is 1. The molecular weight excluding hydrogens is 328 g/mol. The molecule has 1 aliphatic heterocycles. The van der Waals surface area contributed by atoms with Gasteiger partial charge in [-0.1, -0.05) is 20.3 Å². The van der Waals surface area contributed by atoms with Crippen LogP contribution in [0.2, 0.25) is 0 Å². The van der Waals surface area contributed by atoms with Crippen LogP contribution < -0.4 is 10.9 Å². The highest BCUT2D eigenvalue weighted by Gasteiger charge is 2.32. The summed E-state index contributed by atoms with van der Waals surface area (Å²) < 4.78 is 1.52. The maximum absolute atomic E-state index is 12.4. The minimum absolute atomic E-state index is 0.0715. The molecule has 3 rings (SSSR count). The molecule has 0 aliphatic carbocycles. The number of aryl methyl sites for hydroxylation is 1. The lowest BCUT2D eigenvalue weighted by molar-refractivity contribution is 0.0935. The molecule has 0 spiro atoms. The maximum atomic E-state index is 12.4. The third kappa shape index (κ3) is 4.07. The van der Waals surface area contributed by atoms with Gasteiger partial charge in [0.05, 0.1) is 5.69 Å². The molecule has 6 heteroatoms. The van der Waals surface area contributed by atoms with Crippen LogP contribution in [-0.4, -0.2) is 47.3 Å². The molecule has 1 aromatic heterocycles. The van der Waals surface area contributed by atoms with Crippen molar-refractivity contribution in [3.63, 3.8) is 0 Å². The van der Waals surface area contributed by atoms with E-state index in [1.165, 1.54) is 4.68 Å². The summed E-state index contributed by atoms with van der Waals surface area (Å²) in [4.78, 5) is 26.8. The van der Waals surface area contributed by atoms with Gasteiger partial charge in [-0.25, -0.2) is 4.68 Å². The Hall–Kier alpha value is -2.34. The molecule has 1 saturated heterocycles. The van der Waals surface area contributed by atoms with Gasteiger partial charge < -0.3 is 10.2 Å². The minimum Gasteiger partial charge on any atom is -0.351 e. The number of aromatic nitrogens is 2. The molecule has 0 radical (unpaired) electrons. The molecule has 0 bridgehead atoms. The van der Waals surface area contributed by atoms with Crippen molar-refractivity contribution in [2.75, 3.05) is 26.7 Å². The van der Waals surface area contributed by atoms with Crippen molar-refractivity contribution in [2.24, 2.45) is 5.41 Å². The smallest absolute Gasteiger partial charge is 0.271 e. The number of aromatic amines is 1. The van der Waals surface area contributed by atoms with Crippen molar-refractivity contribution in [3.05, 3.63) is 51.9 Å². The number of likely N-dealkylation sites (tertiary alicyclic amines) is 1. The number of nitrogens with one attached hydrogen (secondary N) is 2. The summed E-state index contributed by atoms with van der Waals surface area (Å²) in [5.74, 6) is -0.0715. The molecule has 2 N–H and O–H groups in total. The van der Waals surface area contributed by atoms with Gasteiger partial charge in [0.1, 0.15) is 0 Å². The first kappa shape index (κ1) is 18.5. The largest absolute Gasteiger partial charge is 0.351 e. The lowest BCUT2D eigenvalue weighted by atomic mass is 9.90. The molecule has 2 heterocycles. The molecule has 26 heavy (non-hydrogen) atoms. The molecule has 1 amide bonds. The highest BCUT2D eigenvalue weighted by Crippen LogP contribution is 2.27. The van der Waals surface area contributed by atoms with Gasteiger partial charge in [0.15, 0.2) is 0 Å². The van der Waals surface area contributed by atoms with Crippen LogP contribution in [0.15, 0.2) is 35.1 Å². The van der Waals surface area contributed by atoms with Gasteiger partial charge in [-0.15, -0.1) is 0 Å². The maximum Gasteiger partial charge on any atom is 0.271 e. The van der Waals surface area contributed by atoms with Gasteiger partial charge in [0.25, 0.3) is 11.5 Å². The Morgan fingerprint density at radius 3 is 2.65 bits per heavy atom. The number of hydrogen-bond acceptors (Lipinski definition) is 3. The van der Waals surface area contributed by atoms with E-state index in [9.17, 15) is 9.59 Å². The minimum atomic E-state index is -0.0797. The highest BCUT2D eigenvalue weighted by molar-refractivity contribution is 5.94. The first-order valence-corrected chi connectivity index (χ1v) is 9.28. The summed E-state index contributed by atoms with van der Waals surface area (Å²) in [7, 11) is 2.11. The van der Waals surface area contributed by atoms with Crippen LogP contribution in [0.1, 0.15) is 42.7 Å². The van der Waals surface area contributed by atoms with Crippen molar-refractivity contribution in [1.29, 1.82) is 0 Å². The zero-order valence-corrected chi connectivity index (χ0v) is 15.8. The van der Waals surface area contributed by atoms with Crippen LogP contribution in [-0.2, 0) is 6.42 Å². The van der Waals surface area contributed by atoms with Crippen LogP contribution in [0.4, 0.5) is 0 Å². The summed E-state index contributed by atoms with van der Waals surface area (Å²) in [5.41, 5.74) is 2.32. The molecule has 2 aromatic rings. The first-order valence-electron chi connectivity index (χ1n) is 9.28. The number of hydrogen-bond donors (Lipinski definition) is 2. The van der Waals surface area contributed by atoms with Gasteiger partial charge in [-0.05, 0) is 56.1 Å². The van der Waals surface area contributed by atoms with Crippen molar-refractivity contribution in [3.8, 4) is 5.69 Å². The van der Waals surface area contributed by atoms with E-state index in [1.54, 1.807) is 30.3 Å². The zero-order chi connectivity index (χ0) is 18.7. The molecule has 1 aliphatic rings. The summed E-state index contributed by atoms with van der Waals surface area (Å²) in [6.07, 6.45) is 2.92. The summed E-state index contributed by atoms with van der Waals surface area (Å²) in [6, 6.07) is 8.76. The van der Waals surface area contributed by atoms with Crippen molar-refractivity contribution in [1.82, 2.24) is 20.0 Å². The van der Waals surface area contributed by atoms with Crippen LogP contribution in [0.25, 0.3) is 5.69 Å². The van der Waals surface area contributed by atoms with Gasteiger partial charge >= 0.3 is 0 Å². The Morgan fingerprint density at radius 2 is 2.04 bits per heavy atom. The first-order chi connectivity index (χ1) is 12.4. The van der Waals surface area contributed by atoms with Gasteiger partial charge in [-0.2, -0.15) is 0 Å². The Kier molecular flexibility index (Phi) is 5.32. The predicted octanol–water partition coefficient (Wildman–Crippen LogP) is 2.19. The van der Waals surface area contributed by atoms with Crippen molar-refractivity contribution >= 4 is 5.91 Å². The van der Waals surface area contributed by atoms with Gasteiger partial charge in [0.2, 0.25) is 0 Å². The predicted molar refractivity (Wildman–Crippen MR) is 103 cm³/mol. The third-order valence-corrected chi connectivity index (χ3v) is 5.10. The fourth-order valence-corrected chi connectivity index (χ4v) is 3.61. The second-order valence-corrected chi connectivity index (χ2v) is 7.73. The quantitative estimate of drug-likeness (QED) is 0.833. The van der Waals surface area contributed by atoms with E-state index < -0.39 is 0 Å². The fraction of sp³-hybridized carbons (Fsp3) is 0.500. The Balaban J connectivity index is 1.65. The van der Waals surface area contributed by atoms with E-state index in [0.717, 1.165) is 43.7 Å². The number of rotatable bonds is 6. The van der Waals surface area contributed by atoms with Gasteiger partial charge in [0, 0.05) is 30.4 Å². The second kappa shape index (κ2) is 7.50. The van der Waals surface area contributed by atoms with Gasteiger partial charge in [-0.3, -0.25) is 14.7 Å². The number of carbonyl (C=O) groups is 1. The van der Waals surface area contributed by atoms with E-state index >= 15 is 0 Å².